The predicted octanol–water partition coefficient (Wildman–Crippen LogP) is 3.08. The number of aliphatic hydroxyl groups excluding tert-OH is 3. The molecule has 48 heavy (non-hydrogen) atoms. The number of rotatable bonds is 21. The van der Waals surface area contributed by atoms with Gasteiger partial charge in [0.15, 0.2) is 11.9 Å². The van der Waals surface area contributed by atoms with Gasteiger partial charge in [-0.25, -0.2) is 9.59 Å². The van der Waals surface area contributed by atoms with Crippen LogP contribution in [0, 0.1) is 11.8 Å². The van der Waals surface area contributed by atoms with Gasteiger partial charge in [0.05, 0.1) is 18.2 Å². The Bertz CT molecular complexity index is 1180. The maximum absolute atomic E-state index is 14.4. The van der Waals surface area contributed by atoms with E-state index in [1.165, 1.54) is 37.9 Å². The maximum Gasteiger partial charge on any atom is 0.410 e. The molecule has 0 fully saturated rings. The van der Waals surface area contributed by atoms with Crippen LogP contribution in [0.3, 0.4) is 0 Å². The number of Topliss-reactive ketones (excluding diaryl/α,β-unsaturated/α-hetero) is 1. The van der Waals surface area contributed by atoms with Crippen LogP contribution in [0.25, 0.3) is 0 Å². The fraction of sp³-hybridized carbons (Fsp3) is 0.686. The number of nitrogens with zero attached hydrogens (tertiary/aromatic N) is 3. The normalized spacial score (nSPS) is 16.3. The van der Waals surface area contributed by atoms with Crippen molar-refractivity contribution in [3.05, 3.63) is 35.9 Å². The first-order chi connectivity index (χ1) is 22.4. The zero-order valence-corrected chi connectivity index (χ0v) is 29.7. The van der Waals surface area contributed by atoms with Crippen LogP contribution in [0.4, 0.5) is 4.79 Å². The van der Waals surface area contributed by atoms with Crippen LogP contribution < -0.4 is 0 Å². The number of benzene rings is 1. The molecule has 0 saturated carbocycles. The van der Waals surface area contributed by atoms with E-state index in [9.17, 15) is 44.4 Å². The summed E-state index contributed by atoms with van der Waals surface area (Å²) >= 11 is 0. The number of carbonyl (C=O) groups is 5. The molecule has 1 rings (SSSR count). The second kappa shape index (κ2) is 20.7. The quantitative estimate of drug-likeness (QED) is 0.151. The number of ether oxygens (including phenoxy) is 1. The maximum atomic E-state index is 14.4. The van der Waals surface area contributed by atoms with Crippen LogP contribution in [0.2, 0.25) is 0 Å². The molecule has 13 nitrogen and oxygen atoms in total. The third-order valence-corrected chi connectivity index (χ3v) is 8.86. The van der Waals surface area contributed by atoms with E-state index in [-0.39, 0.29) is 6.61 Å². The summed E-state index contributed by atoms with van der Waals surface area (Å²) in [5.74, 6) is -4.23. The molecule has 3 unspecified atom stereocenters. The van der Waals surface area contributed by atoms with Gasteiger partial charge in [0.2, 0.25) is 11.8 Å². The minimum Gasteiger partial charge on any atom is -0.479 e. The molecule has 13 heteroatoms. The summed E-state index contributed by atoms with van der Waals surface area (Å²) in [4.78, 5) is 69.6. The number of carboxylic acids is 1. The van der Waals surface area contributed by atoms with E-state index in [4.69, 9.17) is 4.74 Å². The number of carboxylic acid groups (broad SMARTS) is 1. The van der Waals surface area contributed by atoms with E-state index >= 15 is 0 Å². The van der Waals surface area contributed by atoms with Crippen molar-refractivity contribution in [2.24, 2.45) is 11.8 Å². The fourth-order valence-corrected chi connectivity index (χ4v) is 5.81. The predicted molar refractivity (Wildman–Crippen MR) is 180 cm³/mol. The molecule has 0 bridgehead atoms. The first kappa shape index (κ1) is 42.5. The van der Waals surface area contributed by atoms with Gasteiger partial charge in [-0.2, -0.15) is 0 Å². The zero-order valence-electron chi connectivity index (χ0n) is 29.7. The third-order valence-electron chi connectivity index (χ3n) is 8.86. The number of aliphatic carboxylic acids is 1. The molecule has 0 saturated heterocycles. The van der Waals surface area contributed by atoms with Crippen molar-refractivity contribution in [3.63, 3.8) is 0 Å². The highest BCUT2D eigenvalue weighted by atomic mass is 16.6. The Hall–Kier alpha value is -3.55. The Morgan fingerprint density at radius 3 is 1.65 bits per heavy atom. The monoisotopic (exact) mass is 679 g/mol. The molecule has 0 aliphatic rings. The number of hydrogen-bond donors (Lipinski definition) is 4. The lowest BCUT2D eigenvalue weighted by Crippen LogP contribution is -2.59. The second-order valence-corrected chi connectivity index (χ2v) is 13.2. The average Bonchev–Trinajstić information content (AvgIpc) is 3.02. The number of likely N-dealkylation sites (N-methyl/N-ethyl adjacent to an activating group) is 3. The molecule has 0 aliphatic heterocycles. The van der Waals surface area contributed by atoms with Gasteiger partial charge < -0.3 is 35.0 Å². The van der Waals surface area contributed by atoms with E-state index in [1.807, 2.05) is 18.2 Å². The molecule has 0 aliphatic carbocycles. The van der Waals surface area contributed by atoms with Gasteiger partial charge in [-0.3, -0.25) is 19.3 Å². The molecule has 1 aromatic carbocycles. The van der Waals surface area contributed by atoms with Crippen LogP contribution in [0.5, 0.6) is 0 Å². The lowest BCUT2D eigenvalue weighted by molar-refractivity contribution is -0.154. The van der Waals surface area contributed by atoms with Crippen molar-refractivity contribution >= 4 is 29.7 Å². The molecule has 3 amide bonds. The summed E-state index contributed by atoms with van der Waals surface area (Å²) in [6.07, 6.45) is -1.62. The molecular formula is C35H57N3O10. The molecule has 0 radical (unpaired) electrons. The van der Waals surface area contributed by atoms with E-state index in [0.717, 1.165) is 10.5 Å². The van der Waals surface area contributed by atoms with E-state index in [0.29, 0.717) is 38.5 Å². The van der Waals surface area contributed by atoms with Gasteiger partial charge >= 0.3 is 12.1 Å². The summed E-state index contributed by atoms with van der Waals surface area (Å²) in [5.41, 5.74) is 0.773. The second-order valence-electron chi connectivity index (χ2n) is 13.2. The average molecular weight is 680 g/mol. The highest BCUT2D eigenvalue weighted by molar-refractivity contribution is 5.95. The summed E-state index contributed by atoms with van der Waals surface area (Å²) in [7, 11) is 4.31. The molecule has 0 heterocycles. The minimum atomic E-state index is -1.95. The molecule has 0 spiro atoms. The molecule has 0 aromatic heterocycles. The first-order valence-electron chi connectivity index (χ1n) is 16.7. The summed E-state index contributed by atoms with van der Waals surface area (Å²) in [6, 6.07) is 5.84. The number of amides is 3. The number of aliphatic hydroxyl groups is 3. The molecule has 272 valence electrons. The van der Waals surface area contributed by atoms with Crippen molar-refractivity contribution in [2.75, 3.05) is 21.1 Å². The highest BCUT2D eigenvalue weighted by Crippen LogP contribution is 2.26. The Morgan fingerprint density at radius 2 is 1.17 bits per heavy atom. The number of ketones is 1. The lowest BCUT2D eigenvalue weighted by Gasteiger charge is -2.40. The summed E-state index contributed by atoms with van der Waals surface area (Å²) in [5, 5.41) is 38.8. The van der Waals surface area contributed by atoms with Gasteiger partial charge in [-0.15, -0.1) is 0 Å². The molecule has 8 atom stereocenters. The van der Waals surface area contributed by atoms with Crippen LogP contribution in [-0.2, 0) is 30.5 Å². The van der Waals surface area contributed by atoms with E-state index in [2.05, 4.69) is 0 Å². The van der Waals surface area contributed by atoms with Gasteiger partial charge in [0, 0.05) is 27.6 Å². The summed E-state index contributed by atoms with van der Waals surface area (Å²) < 4.78 is 5.39. The van der Waals surface area contributed by atoms with E-state index < -0.39 is 84.4 Å². The van der Waals surface area contributed by atoms with Gasteiger partial charge in [-0.05, 0) is 63.9 Å². The number of hydrogen-bond acceptors (Lipinski definition) is 9. The molecular weight excluding hydrogens is 622 g/mol. The fourth-order valence-electron chi connectivity index (χ4n) is 5.81. The van der Waals surface area contributed by atoms with Crippen LogP contribution in [0.15, 0.2) is 30.3 Å². The van der Waals surface area contributed by atoms with Crippen LogP contribution in [0.1, 0.15) is 85.1 Å². The van der Waals surface area contributed by atoms with Crippen molar-refractivity contribution in [2.45, 2.75) is 123 Å². The Labute approximate surface area is 284 Å². The van der Waals surface area contributed by atoms with Crippen LogP contribution in [-0.4, -0.2) is 122 Å². The molecule has 1 aromatic rings. The van der Waals surface area contributed by atoms with Gasteiger partial charge in [0.25, 0.3) is 0 Å². The Morgan fingerprint density at radius 1 is 0.688 bits per heavy atom. The highest BCUT2D eigenvalue weighted by Gasteiger charge is 2.41. The minimum absolute atomic E-state index is 0.00831. The number of carbonyl (C=O) groups excluding carboxylic acids is 4. The summed E-state index contributed by atoms with van der Waals surface area (Å²) in [6.45, 7) is 8.37. The topological polar surface area (TPSA) is 185 Å². The Kier molecular flexibility index (Phi) is 18.3. The third kappa shape index (κ3) is 13.5. The van der Waals surface area contributed by atoms with Gasteiger partial charge in [0.1, 0.15) is 18.7 Å². The van der Waals surface area contributed by atoms with Gasteiger partial charge in [-0.1, -0.05) is 57.0 Å². The van der Waals surface area contributed by atoms with Crippen LogP contribution >= 0.6 is 0 Å². The first-order valence-corrected chi connectivity index (χ1v) is 16.7. The zero-order chi connectivity index (χ0) is 36.7. The lowest BCUT2D eigenvalue weighted by atomic mass is 9.87. The van der Waals surface area contributed by atoms with Crippen molar-refractivity contribution in [1.29, 1.82) is 0 Å². The molecule has 4 N–H and O–H groups in total. The smallest absolute Gasteiger partial charge is 0.410 e. The van der Waals surface area contributed by atoms with Crippen molar-refractivity contribution in [3.8, 4) is 0 Å². The largest absolute Gasteiger partial charge is 0.479 e. The Balaban J connectivity index is 3.36. The van der Waals surface area contributed by atoms with Crippen molar-refractivity contribution in [1.82, 2.24) is 14.7 Å². The van der Waals surface area contributed by atoms with E-state index in [1.54, 1.807) is 39.8 Å². The standard InChI is InChI=1S/C35H57N3O10/c1-22(14-12-16-24(3)39)30(28(41)20-29(42)34(45)46)37(7)33(44)31(23(2)15-13-17-25(4)40)38(8)32(43)26(5)36(6)35(47)48-21-27-18-10-9-11-19-27/h9-11,18-19,22-26,29-31,39-40,42H,12-17,20-21H2,1-8H3,(H,45,46)/t22-,23-,24?,25?,26-,29?,30-,31-/m0/s1. The SMILES string of the molecule is CC(O)CCC[C@H](C)[C@@H](C(=O)CC(O)C(=O)O)N(C)C(=O)[C@H]([C@@H](C)CCCC(C)O)N(C)C(=O)[C@H](C)N(C)C(=O)OCc1ccccc1. The van der Waals surface area contributed by atoms with Crippen molar-refractivity contribution < 1.29 is 49.1 Å².